The van der Waals surface area contributed by atoms with Gasteiger partial charge in [0.05, 0.1) is 0 Å². The summed E-state index contributed by atoms with van der Waals surface area (Å²) in [6, 6.07) is 15.9. The van der Waals surface area contributed by atoms with Crippen LogP contribution in [0.3, 0.4) is 0 Å². The van der Waals surface area contributed by atoms with E-state index in [9.17, 15) is 0 Å². The highest BCUT2D eigenvalue weighted by atomic mass is 35.5. The molecule has 0 atom stereocenters. The molecule has 0 radical (unpaired) electrons. The van der Waals surface area contributed by atoms with E-state index in [0.717, 1.165) is 42.6 Å². The monoisotopic (exact) mass is 358 g/mol. The smallest absolute Gasteiger partial charge is 0.0406 e. The Morgan fingerprint density at radius 2 is 1.00 bits per heavy atom. The van der Waals surface area contributed by atoms with Crippen LogP contribution in [0.25, 0.3) is 0 Å². The molecule has 120 valence electrons. The Balaban J connectivity index is 0.00000242. The number of hydrogen-bond acceptors (Lipinski definition) is 2. The molecular weight excluding hydrogens is 339 g/mol. The van der Waals surface area contributed by atoms with Crippen LogP contribution in [0.4, 0.5) is 0 Å². The third-order valence-corrected chi connectivity index (χ3v) is 3.70. The molecule has 0 saturated heterocycles. The summed E-state index contributed by atoms with van der Waals surface area (Å²) in [5.41, 5.74) is 2.52. The van der Waals surface area contributed by atoms with Crippen molar-refractivity contribution in [3.05, 3.63) is 69.7 Å². The number of benzene rings is 2. The van der Waals surface area contributed by atoms with Gasteiger partial charge in [0.25, 0.3) is 0 Å². The van der Waals surface area contributed by atoms with Crippen molar-refractivity contribution in [2.45, 2.75) is 19.5 Å². The van der Waals surface area contributed by atoms with E-state index in [-0.39, 0.29) is 12.4 Å². The lowest BCUT2D eigenvalue weighted by Crippen LogP contribution is -2.21. The average Bonchev–Trinajstić information content (AvgIpc) is 2.50. The Kier molecular flexibility index (Phi) is 9.53. The van der Waals surface area contributed by atoms with Gasteiger partial charge in [-0.1, -0.05) is 47.5 Å². The van der Waals surface area contributed by atoms with Crippen molar-refractivity contribution >= 4 is 35.6 Å². The van der Waals surface area contributed by atoms with Crippen LogP contribution in [0.2, 0.25) is 10.0 Å². The standard InChI is InChI=1S/C17H20Cl2N2.ClH/c18-16-6-2-14(3-7-16)12-20-10-1-11-21-13-15-4-8-17(19)9-5-15;/h2-9,20-21H,1,10-13H2;1H. The summed E-state index contributed by atoms with van der Waals surface area (Å²) in [6.45, 7) is 3.76. The van der Waals surface area contributed by atoms with Gasteiger partial charge in [-0.3, -0.25) is 0 Å². The predicted octanol–water partition coefficient (Wildman–Crippen LogP) is 4.68. The van der Waals surface area contributed by atoms with Crippen molar-refractivity contribution in [1.29, 1.82) is 0 Å². The predicted molar refractivity (Wildman–Crippen MR) is 98.2 cm³/mol. The first-order valence-electron chi connectivity index (χ1n) is 7.14. The molecule has 2 aromatic rings. The van der Waals surface area contributed by atoms with E-state index in [4.69, 9.17) is 23.2 Å². The molecule has 0 fully saturated rings. The first-order valence-corrected chi connectivity index (χ1v) is 7.90. The van der Waals surface area contributed by atoms with Gasteiger partial charge in [-0.15, -0.1) is 12.4 Å². The zero-order valence-corrected chi connectivity index (χ0v) is 14.6. The van der Waals surface area contributed by atoms with E-state index in [2.05, 4.69) is 10.6 Å². The van der Waals surface area contributed by atoms with Crippen LogP contribution < -0.4 is 10.6 Å². The third kappa shape index (κ3) is 7.48. The molecule has 2 aromatic carbocycles. The lowest BCUT2D eigenvalue weighted by Gasteiger charge is -2.07. The first kappa shape index (κ1) is 19.3. The van der Waals surface area contributed by atoms with Crippen molar-refractivity contribution in [1.82, 2.24) is 10.6 Å². The zero-order valence-electron chi connectivity index (χ0n) is 12.3. The SMILES string of the molecule is Cl.Clc1ccc(CNCCCNCc2ccc(Cl)cc2)cc1. The molecule has 0 aliphatic carbocycles. The van der Waals surface area contributed by atoms with E-state index in [1.54, 1.807) is 0 Å². The molecule has 0 unspecified atom stereocenters. The summed E-state index contributed by atoms with van der Waals surface area (Å²) >= 11 is 11.7. The lowest BCUT2D eigenvalue weighted by molar-refractivity contribution is 0.595. The maximum atomic E-state index is 5.85. The summed E-state index contributed by atoms with van der Waals surface area (Å²) in [5, 5.41) is 8.42. The molecule has 5 heteroatoms. The molecule has 0 aromatic heterocycles. The average molecular weight is 360 g/mol. The van der Waals surface area contributed by atoms with Gasteiger partial charge in [-0.25, -0.2) is 0 Å². The van der Waals surface area contributed by atoms with Crippen LogP contribution >= 0.6 is 35.6 Å². The molecule has 0 saturated carbocycles. The Hall–Kier alpha value is -0.770. The van der Waals surface area contributed by atoms with E-state index in [0.29, 0.717) is 0 Å². The van der Waals surface area contributed by atoms with Gasteiger partial charge in [0.2, 0.25) is 0 Å². The summed E-state index contributed by atoms with van der Waals surface area (Å²) < 4.78 is 0. The zero-order chi connectivity index (χ0) is 14.9. The Morgan fingerprint density at radius 3 is 1.36 bits per heavy atom. The minimum absolute atomic E-state index is 0. The summed E-state index contributed by atoms with van der Waals surface area (Å²) in [7, 11) is 0. The highest BCUT2D eigenvalue weighted by Gasteiger charge is 1.95. The van der Waals surface area contributed by atoms with Crippen molar-refractivity contribution in [3.63, 3.8) is 0 Å². The van der Waals surface area contributed by atoms with Gasteiger partial charge in [0, 0.05) is 23.1 Å². The third-order valence-electron chi connectivity index (χ3n) is 3.19. The Morgan fingerprint density at radius 1 is 0.636 bits per heavy atom. The number of hydrogen-bond donors (Lipinski definition) is 2. The van der Waals surface area contributed by atoms with Crippen LogP contribution in [0.5, 0.6) is 0 Å². The van der Waals surface area contributed by atoms with E-state index in [1.807, 2.05) is 48.5 Å². The van der Waals surface area contributed by atoms with Gasteiger partial charge >= 0.3 is 0 Å². The molecule has 0 amide bonds. The molecule has 2 nitrogen and oxygen atoms in total. The van der Waals surface area contributed by atoms with Gasteiger partial charge in [-0.2, -0.15) is 0 Å². The van der Waals surface area contributed by atoms with Crippen molar-refractivity contribution in [2.24, 2.45) is 0 Å². The van der Waals surface area contributed by atoms with E-state index < -0.39 is 0 Å². The quantitative estimate of drug-likeness (QED) is 0.668. The number of rotatable bonds is 8. The van der Waals surface area contributed by atoms with Gasteiger partial charge in [0.15, 0.2) is 0 Å². The molecule has 2 N–H and O–H groups in total. The van der Waals surface area contributed by atoms with E-state index >= 15 is 0 Å². The second kappa shape index (κ2) is 10.9. The van der Waals surface area contributed by atoms with Crippen LogP contribution in [-0.4, -0.2) is 13.1 Å². The van der Waals surface area contributed by atoms with E-state index in [1.165, 1.54) is 11.1 Å². The summed E-state index contributed by atoms with van der Waals surface area (Å²) in [4.78, 5) is 0. The van der Waals surface area contributed by atoms with Crippen LogP contribution in [-0.2, 0) is 13.1 Å². The molecular formula is C17H21Cl3N2. The minimum Gasteiger partial charge on any atom is -0.313 e. The fraction of sp³-hybridized carbons (Fsp3) is 0.294. The Labute approximate surface area is 148 Å². The largest absolute Gasteiger partial charge is 0.313 e. The lowest BCUT2D eigenvalue weighted by atomic mass is 10.2. The number of nitrogens with one attached hydrogen (secondary N) is 2. The highest BCUT2D eigenvalue weighted by molar-refractivity contribution is 6.30. The van der Waals surface area contributed by atoms with Crippen LogP contribution in [0, 0.1) is 0 Å². The second-order valence-electron chi connectivity index (χ2n) is 4.96. The highest BCUT2D eigenvalue weighted by Crippen LogP contribution is 2.09. The van der Waals surface area contributed by atoms with Gasteiger partial charge < -0.3 is 10.6 Å². The molecule has 0 bridgehead atoms. The summed E-state index contributed by atoms with van der Waals surface area (Å²) in [5.74, 6) is 0. The van der Waals surface area contributed by atoms with Crippen LogP contribution in [0.1, 0.15) is 17.5 Å². The van der Waals surface area contributed by atoms with Crippen molar-refractivity contribution in [3.8, 4) is 0 Å². The molecule has 0 spiro atoms. The molecule has 0 heterocycles. The number of halogens is 3. The minimum atomic E-state index is 0. The second-order valence-corrected chi connectivity index (χ2v) is 5.83. The molecule has 0 aliphatic heterocycles. The van der Waals surface area contributed by atoms with Gasteiger partial charge in [-0.05, 0) is 54.9 Å². The Bertz CT molecular complexity index is 477. The van der Waals surface area contributed by atoms with Gasteiger partial charge in [0.1, 0.15) is 0 Å². The molecule has 2 rings (SSSR count). The normalized spacial score (nSPS) is 10.3. The van der Waals surface area contributed by atoms with Crippen molar-refractivity contribution in [2.75, 3.05) is 13.1 Å². The topological polar surface area (TPSA) is 24.1 Å². The van der Waals surface area contributed by atoms with Crippen molar-refractivity contribution < 1.29 is 0 Å². The maximum absolute atomic E-state index is 5.85. The molecule has 22 heavy (non-hydrogen) atoms. The summed E-state index contributed by atoms with van der Waals surface area (Å²) in [6.07, 6.45) is 1.10. The maximum Gasteiger partial charge on any atom is 0.0406 e. The molecule has 0 aliphatic rings. The van der Waals surface area contributed by atoms with Crippen LogP contribution in [0.15, 0.2) is 48.5 Å². The fourth-order valence-electron chi connectivity index (χ4n) is 2.01. The first-order chi connectivity index (χ1) is 10.2. The fourth-order valence-corrected chi connectivity index (χ4v) is 2.26.